The van der Waals surface area contributed by atoms with Gasteiger partial charge in [-0.1, -0.05) is 6.92 Å². The highest BCUT2D eigenvalue weighted by Gasteiger charge is 2.25. The smallest absolute Gasteiger partial charge is 0.0585 e. The minimum absolute atomic E-state index is 0.558. The van der Waals surface area contributed by atoms with Gasteiger partial charge in [-0.3, -0.25) is 4.98 Å². The first kappa shape index (κ1) is 11.4. The topological polar surface area (TPSA) is 28.2 Å². The van der Waals surface area contributed by atoms with Crippen molar-refractivity contribution in [1.29, 1.82) is 0 Å². The van der Waals surface area contributed by atoms with Crippen LogP contribution in [-0.2, 0) is 0 Å². The van der Waals surface area contributed by atoms with Crippen molar-refractivity contribution < 1.29 is 0 Å². The average Bonchev–Trinajstić information content (AvgIpc) is 2.29. The van der Waals surface area contributed by atoms with Crippen LogP contribution < -0.4 is 10.2 Å². The maximum Gasteiger partial charge on any atom is 0.0585 e. The fourth-order valence-corrected chi connectivity index (χ4v) is 2.37. The van der Waals surface area contributed by atoms with Crippen molar-refractivity contribution in [3.8, 4) is 0 Å². The van der Waals surface area contributed by atoms with Gasteiger partial charge in [-0.15, -0.1) is 0 Å². The van der Waals surface area contributed by atoms with Crippen molar-refractivity contribution in [2.75, 3.05) is 18.0 Å². The minimum atomic E-state index is 0.558. The Morgan fingerprint density at radius 3 is 3.06 bits per heavy atom. The third-order valence-electron chi connectivity index (χ3n) is 3.41. The number of nitrogens with zero attached hydrogens (tertiary/aromatic N) is 2. The molecule has 1 aromatic heterocycles. The van der Waals surface area contributed by atoms with Crippen molar-refractivity contribution in [3.05, 3.63) is 24.0 Å². The molecule has 0 aliphatic carbocycles. The van der Waals surface area contributed by atoms with Gasteiger partial charge < -0.3 is 10.2 Å². The number of piperazine rings is 1. The van der Waals surface area contributed by atoms with Crippen LogP contribution in [0.2, 0.25) is 0 Å². The summed E-state index contributed by atoms with van der Waals surface area (Å²) in [6.45, 7) is 8.80. The van der Waals surface area contributed by atoms with Gasteiger partial charge in [-0.25, -0.2) is 0 Å². The number of aryl methyl sites for hydroxylation is 1. The SMILES string of the molecule is CCC1CNC(C)CN1c1cnccc1C. The molecule has 3 heteroatoms. The molecule has 88 valence electrons. The number of aromatic nitrogens is 1. The summed E-state index contributed by atoms with van der Waals surface area (Å²) >= 11 is 0. The molecule has 2 atom stereocenters. The molecule has 2 heterocycles. The van der Waals surface area contributed by atoms with E-state index in [2.05, 4.69) is 42.0 Å². The molecule has 0 spiro atoms. The fourth-order valence-electron chi connectivity index (χ4n) is 2.37. The van der Waals surface area contributed by atoms with E-state index in [0.717, 1.165) is 13.1 Å². The molecule has 1 N–H and O–H groups in total. The first-order valence-corrected chi connectivity index (χ1v) is 6.13. The summed E-state index contributed by atoms with van der Waals surface area (Å²) < 4.78 is 0. The first-order chi connectivity index (χ1) is 7.72. The highest BCUT2D eigenvalue weighted by molar-refractivity contribution is 5.52. The van der Waals surface area contributed by atoms with Crippen LogP contribution in [0.25, 0.3) is 0 Å². The monoisotopic (exact) mass is 219 g/mol. The van der Waals surface area contributed by atoms with Gasteiger partial charge in [0.25, 0.3) is 0 Å². The van der Waals surface area contributed by atoms with Gasteiger partial charge in [0.1, 0.15) is 0 Å². The molecule has 1 aliphatic heterocycles. The molecule has 0 bridgehead atoms. The van der Waals surface area contributed by atoms with Crippen LogP contribution in [0.15, 0.2) is 18.5 Å². The predicted octanol–water partition coefficient (Wildman–Crippen LogP) is 1.97. The van der Waals surface area contributed by atoms with E-state index in [9.17, 15) is 0 Å². The van der Waals surface area contributed by atoms with Gasteiger partial charge in [-0.2, -0.15) is 0 Å². The van der Waals surface area contributed by atoms with Crippen LogP contribution in [0.3, 0.4) is 0 Å². The maximum absolute atomic E-state index is 4.25. The molecule has 0 amide bonds. The summed E-state index contributed by atoms with van der Waals surface area (Å²) in [5.74, 6) is 0. The summed E-state index contributed by atoms with van der Waals surface area (Å²) in [6, 6.07) is 3.25. The summed E-state index contributed by atoms with van der Waals surface area (Å²) in [7, 11) is 0. The molecule has 3 nitrogen and oxygen atoms in total. The lowest BCUT2D eigenvalue weighted by molar-refractivity contribution is 0.402. The van der Waals surface area contributed by atoms with E-state index in [4.69, 9.17) is 0 Å². The Balaban J connectivity index is 2.26. The Labute approximate surface area is 97.9 Å². The molecular formula is C13H21N3. The minimum Gasteiger partial charge on any atom is -0.364 e. The van der Waals surface area contributed by atoms with Crippen molar-refractivity contribution in [2.45, 2.75) is 39.3 Å². The Morgan fingerprint density at radius 2 is 2.38 bits per heavy atom. The summed E-state index contributed by atoms with van der Waals surface area (Å²) in [6.07, 6.45) is 5.04. The van der Waals surface area contributed by atoms with E-state index in [1.807, 2.05) is 12.4 Å². The second-order valence-electron chi connectivity index (χ2n) is 4.69. The quantitative estimate of drug-likeness (QED) is 0.824. The van der Waals surface area contributed by atoms with Crippen LogP contribution >= 0.6 is 0 Å². The van der Waals surface area contributed by atoms with Crippen LogP contribution in [0.4, 0.5) is 5.69 Å². The standard InChI is InChI=1S/C13H21N3/c1-4-12-7-15-11(3)9-16(12)13-8-14-6-5-10(13)2/h5-6,8,11-12,15H,4,7,9H2,1-3H3. The normalized spacial score (nSPS) is 25.8. The molecule has 16 heavy (non-hydrogen) atoms. The molecule has 1 saturated heterocycles. The lowest BCUT2D eigenvalue weighted by atomic mass is 10.1. The molecule has 1 aromatic rings. The van der Waals surface area contributed by atoms with Crippen molar-refractivity contribution in [2.24, 2.45) is 0 Å². The molecule has 1 fully saturated rings. The number of hydrogen-bond acceptors (Lipinski definition) is 3. The summed E-state index contributed by atoms with van der Waals surface area (Å²) in [5.41, 5.74) is 2.62. The lowest BCUT2D eigenvalue weighted by Gasteiger charge is -2.41. The first-order valence-electron chi connectivity index (χ1n) is 6.13. The van der Waals surface area contributed by atoms with E-state index in [1.54, 1.807) is 0 Å². The molecule has 0 saturated carbocycles. The number of nitrogens with one attached hydrogen (secondary N) is 1. The molecule has 0 aromatic carbocycles. The number of anilines is 1. The van der Waals surface area contributed by atoms with Gasteiger partial charge in [-0.05, 0) is 31.9 Å². The molecular weight excluding hydrogens is 198 g/mol. The molecule has 1 aliphatic rings. The Bertz CT molecular complexity index is 351. The van der Waals surface area contributed by atoms with Gasteiger partial charge in [0, 0.05) is 31.4 Å². The number of pyridine rings is 1. The second kappa shape index (κ2) is 4.83. The second-order valence-corrected chi connectivity index (χ2v) is 4.69. The third kappa shape index (κ3) is 2.19. The molecule has 2 unspecified atom stereocenters. The summed E-state index contributed by atoms with van der Waals surface area (Å²) in [4.78, 5) is 6.76. The van der Waals surface area contributed by atoms with Crippen LogP contribution in [0.5, 0.6) is 0 Å². The molecule has 2 rings (SSSR count). The van der Waals surface area contributed by atoms with Gasteiger partial charge in [0.05, 0.1) is 11.9 Å². The van der Waals surface area contributed by atoms with Gasteiger partial charge in [0.15, 0.2) is 0 Å². The largest absolute Gasteiger partial charge is 0.364 e. The van der Waals surface area contributed by atoms with E-state index in [0.29, 0.717) is 12.1 Å². The van der Waals surface area contributed by atoms with Crippen LogP contribution in [0.1, 0.15) is 25.8 Å². The van der Waals surface area contributed by atoms with Gasteiger partial charge >= 0.3 is 0 Å². The van der Waals surface area contributed by atoms with Crippen molar-refractivity contribution >= 4 is 5.69 Å². The van der Waals surface area contributed by atoms with E-state index in [-0.39, 0.29) is 0 Å². The maximum atomic E-state index is 4.25. The zero-order valence-corrected chi connectivity index (χ0v) is 10.4. The predicted molar refractivity (Wildman–Crippen MR) is 67.9 cm³/mol. The highest BCUT2D eigenvalue weighted by Crippen LogP contribution is 2.23. The number of hydrogen-bond donors (Lipinski definition) is 1. The van der Waals surface area contributed by atoms with E-state index in [1.165, 1.54) is 17.7 Å². The van der Waals surface area contributed by atoms with Crippen LogP contribution in [0, 0.1) is 6.92 Å². The Hall–Kier alpha value is -1.09. The lowest BCUT2D eigenvalue weighted by Crippen LogP contribution is -2.55. The van der Waals surface area contributed by atoms with E-state index < -0.39 is 0 Å². The highest BCUT2D eigenvalue weighted by atomic mass is 15.2. The zero-order valence-electron chi connectivity index (χ0n) is 10.4. The molecule has 0 radical (unpaired) electrons. The van der Waals surface area contributed by atoms with Gasteiger partial charge in [0.2, 0.25) is 0 Å². The zero-order chi connectivity index (χ0) is 11.5. The summed E-state index contributed by atoms with van der Waals surface area (Å²) in [5, 5.41) is 3.54. The van der Waals surface area contributed by atoms with Crippen molar-refractivity contribution in [1.82, 2.24) is 10.3 Å². The Kier molecular flexibility index (Phi) is 3.44. The average molecular weight is 219 g/mol. The number of rotatable bonds is 2. The van der Waals surface area contributed by atoms with E-state index >= 15 is 0 Å². The fraction of sp³-hybridized carbons (Fsp3) is 0.615. The third-order valence-corrected chi connectivity index (χ3v) is 3.41. The Morgan fingerprint density at radius 1 is 1.56 bits per heavy atom. The van der Waals surface area contributed by atoms with Crippen LogP contribution in [-0.4, -0.2) is 30.2 Å². The van der Waals surface area contributed by atoms with Crippen molar-refractivity contribution in [3.63, 3.8) is 0 Å².